The molecular formula is C19H17FN2O4S. The minimum Gasteiger partial charge on any atom is -0.431 e. The van der Waals surface area contributed by atoms with Crippen LogP contribution in [0.25, 0.3) is 11.5 Å². The topological polar surface area (TPSA) is 89.3 Å². The zero-order chi connectivity index (χ0) is 19.6. The van der Waals surface area contributed by atoms with Crippen molar-refractivity contribution >= 4 is 21.4 Å². The lowest BCUT2D eigenvalue weighted by Crippen LogP contribution is -2.15. The van der Waals surface area contributed by atoms with E-state index in [1.807, 2.05) is 18.2 Å². The predicted octanol–water partition coefficient (Wildman–Crippen LogP) is 3.59. The number of rotatable bonds is 5. The third-order valence-electron chi connectivity index (χ3n) is 3.76. The van der Waals surface area contributed by atoms with Crippen molar-refractivity contribution in [1.82, 2.24) is 4.98 Å². The van der Waals surface area contributed by atoms with Gasteiger partial charge in [-0.05, 0) is 42.8 Å². The van der Waals surface area contributed by atoms with Crippen LogP contribution in [0, 0.1) is 12.7 Å². The second-order valence-corrected chi connectivity index (χ2v) is 8.27. The highest BCUT2D eigenvalue weighted by atomic mass is 32.2. The number of sulfone groups is 1. The standard InChI is InChI=1S/C19H17FN2O4S/c1-12-17(26-19(21-12)13-6-4-3-5-7-13)18(23)22-16-9-8-15(20)10-14(16)11-27(2,24)25/h3-10H,11H2,1-2H3,(H,22,23). The van der Waals surface area contributed by atoms with Gasteiger partial charge in [0, 0.05) is 17.5 Å². The number of halogens is 1. The van der Waals surface area contributed by atoms with Gasteiger partial charge in [0.05, 0.1) is 11.4 Å². The maximum atomic E-state index is 13.5. The molecule has 0 atom stereocenters. The van der Waals surface area contributed by atoms with Gasteiger partial charge in [-0.25, -0.2) is 17.8 Å². The van der Waals surface area contributed by atoms with Crippen molar-refractivity contribution in [3.05, 3.63) is 71.4 Å². The number of hydrogen-bond donors (Lipinski definition) is 1. The lowest BCUT2D eigenvalue weighted by Gasteiger charge is -2.10. The molecule has 0 spiro atoms. The predicted molar refractivity (Wildman–Crippen MR) is 99.6 cm³/mol. The summed E-state index contributed by atoms with van der Waals surface area (Å²) in [7, 11) is -3.41. The fraction of sp³-hybridized carbons (Fsp3) is 0.158. The Labute approximate surface area is 156 Å². The van der Waals surface area contributed by atoms with Crippen molar-refractivity contribution in [1.29, 1.82) is 0 Å². The van der Waals surface area contributed by atoms with Crippen LogP contribution in [0.15, 0.2) is 52.9 Å². The zero-order valence-corrected chi connectivity index (χ0v) is 15.5. The van der Waals surface area contributed by atoms with Crippen molar-refractivity contribution in [3.8, 4) is 11.5 Å². The third kappa shape index (κ3) is 4.59. The summed E-state index contributed by atoms with van der Waals surface area (Å²) >= 11 is 0. The molecular weight excluding hydrogens is 371 g/mol. The molecule has 140 valence electrons. The molecule has 8 heteroatoms. The van der Waals surface area contributed by atoms with Crippen LogP contribution in [0.5, 0.6) is 0 Å². The van der Waals surface area contributed by atoms with E-state index in [0.717, 1.165) is 24.0 Å². The average molecular weight is 388 g/mol. The molecule has 0 unspecified atom stereocenters. The molecule has 6 nitrogen and oxygen atoms in total. The Hall–Kier alpha value is -3.00. The van der Waals surface area contributed by atoms with Crippen molar-refractivity contribution < 1.29 is 22.0 Å². The van der Waals surface area contributed by atoms with E-state index in [1.165, 1.54) is 6.07 Å². The Morgan fingerprint density at radius 1 is 1.19 bits per heavy atom. The monoisotopic (exact) mass is 388 g/mol. The minimum atomic E-state index is -3.41. The van der Waals surface area contributed by atoms with Gasteiger partial charge in [0.1, 0.15) is 5.82 Å². The van der Waals surface area contributed by atoms with E-state index >= 15 is 0 Å². The molecule has 0 aliphatic carbocycles. The summed E-state index contributed by atoms with van der Waals surface area (Å²) in [6.45, 7) is 1.63. The number of anilines is 1. The fourth-order valence-electron chi connectivity index (χ4n) is 2.58. The SMILES string of the molecule is Cc1nc(-c2ccccc2)oc1C(=O)Nc1ccc(F)cc1CS(C)(=O)=O. The number of nitrogens with one attached hydrogen (secondary N) is 1. The number of oxazole rings is 1. The van der Waals surface area contributed by atoms with Crippen molar-refractivity contribution in [2.45, 2.75) is 12.7 Å². The van der Waals surface area contributed by atoms with Crippen LogP contribution in [0.3, 0.4) is 0 Å². The number of aromatic nitrogens is 1. The Kier molecular flexibility index (Phi) is 5.09. The number of hydrogen-bond acceptors (Lipinski definition) is 5. The lowest BCUT2D eigenvalue weighted by molar-refractivity contribution is 0.0996. The molecule has 1 heterocycles. The van der Waals surface area contributed by atoms with Crippen molar-refractivity contribution in [2.75, 3.05) is 11.6 Å². The van der Waals surface area contributed by atoms with Crippen LogP contribution < -0.4 is 5.32 Å². The zero-order valence-electron chi connectivity index (χ0n) is 14.7. The number of carbonyl (C=O) groups is 1. The average Bonchev–Trinajstić information content (AvgIpc) is 2.99. The molecule has 3 aromatic rings. The summed E-state index contributed by atoms with van der Waals surface area (Å²) in [6.07, 6.45) is 1.04. The summed E-state index contributed by atoms with van der Waals surface area (Å²) in [6, 6.07) is 12.6. The highest BCUT2D eigenvalue weighted by Gasteiger charge is 2.20. The molecule has 1 aromatic heterocycles. The molecule has 0 saturated carbocycles. The summed E-state index contributed by atoms with van der Waals surface area (Å²) in [5.74, 6) is -1.28. The highest BCUT2D eigenvalue weighted by molar-refractivity contribution is 7.89. The number of carbonyl (C=O) groups excluding carboxylic acids is 1. The molecule has 0 fully saturated rings. The molecule has 0 saturated heterocycles. The summed E-state index contributed by atoms with van der Waals surface area (Å²) in [5, 5.41) is 2.58. The van der Waals surface area contributed by atoms with Crippen molar-refractivity contribution in [2.24, 2.45) is 0 Å². The summed E-state index contributed by atoms with van der Waals surface area (Å²) in [5.41, 5.74) is 1.47. The first-order chi connectivity index (χ1) is 12.7. The highest BCUT2D eigenvalue weighted by Crippen LogP contribution is 2.24. The van der Waals surface area contributed by atoms with Gasteiger partial charge < -0.3 is 9.73 Å². The Morgan fingerprint density at radius 3 is 2.56 bits per heavy atom. The van der Waals surface area contributed by atoms with Crippen LogP contribution in [-0.4, -0.2) is 25.6 Å². The van der Waals surface area contributed by atoms with Crippen LogP contribution in [0.4, 0.5) is 10.1 Å². The lowest BCUT2D eigenvalue weighted by atomic mass is 10.2. The second-order valence-electron chi connectivity index (χ2n) is 6.13. The van der Waals surface area contributed by atoms with Gasteiger partial charge in [-0.1, -0.05) is 18.2 Å². The maximum Gasteiger partial charge on any atom is 0.293 e. The second kappa shape index (κ2) is 7.32. The normalized spacial score (nSPS) is 11.4. The first-order valence-electron chi connectivity index (χ1n) is 8.03. The fourth-order valence-corrected chi connectivity index (χ4v) is 3.38. The first kappa shape index (κ1) is 18.8. The van der Waals surface area contributed by atoms with E-state index in [9.17, 15) is 17.6 Å². The minimum absolute atomic E-state index is 0.00323. The van der Waals surface area contributed by atoms with E-state index in [-0.39, 0.29) is 17.0 Å². The molecule has 0 aliphatic rings. The first-order valence-corrected chi connectivity index (χ1v) is 10.1. The third-order valence-corrected chi connectivity index (χ3v) is 4.59. The van der Waals surface area contributed by atoms with Crippen LogP contribution in [0.2, 0.25) is 0 Å². The van der Waals surface area contributed by atoms with Crippen LogP contribution in [-0.2, 0) is 15.6 Å². The Morgan fingerprint density at radius 2 is 1.89 bits per heavy atom. The summed E-state index contributed by atoms with van der Waals surface area (Å²) < 4.78 is 42.2. The number of nitrogens with zero attached hydrogens (tertiary/aromatic N) is 1. The van der Waals surface area contributed by atoms with Gasteiger partial charge in [0.2, 0.25) is 11.7 Å². The van der Waals surface area contributed by atoms with E-state index in [4.69, 9.17) is 4.42 Å². The van der Waals surface area contributed by atoms with Crippen LogP contribution in [0.1, 0.15) is 21.8 Å². The molecule has 3 rings (SSSR count). The van der Waals surface area contributed by atoms with Crippen LogP contribution >= 0.6 is 0 Å². The smallest absolute Gasteiger partial charge is 0.293 e. The Bertz CT molecular complexity index is 1090. The molecule has 0 bridgehead atoms. The van der Waals surface area contributed by atoms with Gasteiger partial charge in [-0.3, -0.25) is 4.79 Å². The van der Waals surface area contributed by atoms with E-state index in [1.54, 1.807) is 19.1 Å². The molecule has 27 heavy (non-hydrogen) atoms. The van der Waals surface area contributed by atoms with Gasteiger partial charge in [-0.2, -0.15) is 0 Å². The largest absolute Gasteiger partial charge is 0.431 e. The van der Waals surface area contributed by atoms with E-state index in [2.05, 4.69) is 10.3 Å². The van der Waals surface area contributed by atoms with E-state index < -0.39 is 27.3 Å². The number of benzene rings is 2. The van der Waals surface area contributed by atoms with Gasteiger partial charge in [0.15, 0.2) is 9.84 Å². The van der Waals surface area contributed by atoms with Crippen molar-refractivity contribution in [3.63, 3.8) is 0 Å². The molecule has 1 N–H and O–H groups in total. The quantitative estimate of drug-likeness (QED) is 0.722. The number of amides is 1. The summed E-state index contributed by atoms with van der Waals surface area (Å²) in [4.78, 5) is 16.9. The van der Waals surface area contributed by atoms with Gasteiger partial charge in [-0.15, -0.1) is 0 Å². The molecule has 2 aromatic carbocycles. The van der Waals surface area contributed by atoms with Gasteiger partial charge >= 0.3 is 0 Å². The maximum absolute atomic E-state index is 13.5. The molecule has 0 radical (unpaired) electrons. The molecule has 1 amide bonds. The van der Waals surface area contributed by atoms with E-state index in [0.29, 0.717) is 11.6 Å². The van der Waals surface area contributed by atoms with Gasteiger partial charge in [0.25, 0.3) is 5.91 Å². The number of aryl methyl sites for hydroxylation is 1. The molecule has 0 aliphatic heterocycles. The Balaban J connectivity index is 1.89.